The van der Waals surface area contributed by atoms with Crippen molar-refractivity contribution < 1.29 is 29.0 Å². The number of fused-ring (bicyclic) bond motifs is 1. The van der Waals surface area contributed by atoms with Crippen molar-refractivity contribution in [1.82, 2.24) is 16.0 Å². The maximum absolute atomic E-state index is 13.1. The molecule has 3 atom stereocenters. The molecule has 2 rings (SSSR count). The Hall–Kier alpha value is -3.10. The minimum atomic E-state index is -1.26. The number of carbonyl (C=O) groups is 4. The summed E-state index contributed by atoms with van der Waals surface area (Å²) in [7, 11) is 0. The van der Waals surface area contributed by atoms with Gasteiger partial charge < -0.3 is 25.8 Å². The molecule has 1 aromatic carbocycles. The molecule has 0 aliphatic carbocycles. The van der Waals surface area contributed by atoms with Crippen LogP contribution in [0.5, 0.6) is 5.75 Å². The van der Waals surface area contributed by atoms with E-state index < -0.39 is 29.9 Å². The summed E-state index contributed by atoms with van der Waals surface area (Å²) in [5.74, 6) is -1.87. The van der Waals surface area contributed by atoms with Crippen LogP contribution < -0.4 is 20.7 Å². The third-order valence-electron chi connectivity index (χ3n) is 5.30. The first kappa shape index (κ1) is 26.2. The quantitative estimate of drug-likeness (QED) is 0.531. The molecule has 0 radical (unpaired) electrons. The molecule has 0 aromatic heterocycles. The van der Waals surface area contributed by atoms with E-state index in [0.29, 0.717) is 18.6 Å². The highest BCUT2D eigenvalue weighted by molar-refractivity contribution is 5.99. The van der Waals surface area contributed by atoms with Crippen molar-refractivity contribution in [2.45, 2.75) is 71.5 Å². The third-order valence-corrected chi connectivity index (χ3v) is 5.30. The van der Waals surface area contributed by atoms with Gasteiger partial charge in [0, 0.05) is 6.42 Å². The molecule has 9 nitrogen and oxygen atoms in total. The van der Waals surface area contributed by atoms with Crippen LogP contribution in [0.1, 0.15) is 63.7 Å². The summed E-state index contributed by atoms with van der Waals surface area (Å²) >= 11 is 0. The van der Waals surface area contributed by atoms with Gasteiger partial charge in [-0.2, -0.15) is 0 Å². The lowest BCUT2D eigenvalue weighted by molar-refractivity contribution is -0.139. The minimum absolute atomic E-state index is 0.109. The molecule has 0 unspecified atom stereocenters. The van der Waals surface area contributed by atoms with E-state index in [0.717, 1.165) is 0 Å². The molecule has 0 spiro atoms. The number of carboxylic acid groups (broad SMARTS) is 1. The van der Waals surface area contributed by atoms with Crippen LogP contribution >= 0.6 is 0 Å². The van der Waals surface area contributed by atoms with Crippen LogP contribution in [-0.4, -0.2) is 53.5 Å². The fraction of sp³-hybridized carbons (Fsp3) is 0.583. The van der Waals surface area contributed by atoms with E-state index >= 15 is 0 Å². The maximum atomic E-state index is 13.1. The van der Waals surface area contributed by atoms with Gasteiger partial charge in [0.1, 0.15) is 24.4 Å². The van der Waals surface area contributed by atoms with Crippen molar-refractivity contribution >= 4 is 23.7 Å². The van der Waals surface area contributed by atoms with Crippen LogP contribution in [-0.2, 0) is 14.4 Å². The lowest BCUT2D eigenvalue weighted by Gasteiger charge is -2.26. The number of hydrogen-bond donors (Lipinski definition) is 4. The van der Waals surface area contributed by atoms with Gasteiger partial charge in [-0.1, -0.05) is 39.8 Å². The van der Waals surface area contributed by atoms with E-state index in [9.17, 15) is 24.3 Å². The molecule has 9 heteroatoms. The number of carbonyl (C=O) groups excluding carboxylic acids is 3. The highest BCUT2D eigenvalue weighted by atomic mass is 16.5. The second-order valence-electron chi connectivity index (χ2n) is 9.29. The van der Waals surface area contributed by atoms with E-state index in [1.165, 1.54) is 0 Å². The molecule has 33 heavy (non-hydrogen) atoms. The van der Waals surface area contributed by atoms with Gasteiger partial charge >= 0.3 is 5.97 Å². The molecule has 0 fully saturated rings. The standard InChI is InChI=1S/C24H35N3O6/c1-14(2)11-16-13-33-20-8-6-5-7-17(20)22(29)27-18(24(31)32)9-10-21(28)26-19(12-15(3)4)23(30)25-16/h5-8,14-16,18-19H,9-13H2,1-4H3,(H,25,30)(H,26,28)(H,27,29)(H,31,32)/t16-,18+,19-/m1/s1. The molecule has 1 heterocycles. The molecule has 1 aliphatic heterocycles. The molecular weight excluding hydrogens is 426 g/mol. The summed E-state index contributed by atoms with van der Waals surface area (Å²) < 4.78 is 5.92. The van der Waals surface area contributed by atoms with Crippen molar-refractivity contribution in [3.63, 3.8) is 0 Å². The SMILES string of the molecule is CC(C)C[C@@H]1COc2ccccc2C(=O)N[C@H](C(=O)O)CCC(=O)N[C@H](CC(C)C)C(=O)N1. The summed E-state index contributed by atoms with van der Waals surface area (Å²) in [5.41, 5.74) is 0.190. The van der Waals surface area contributed by atoms with E-state index in [1.807, 2.05) is 27.7 Å². The van der Waals surface area contributed by atoms with Crippen molar-refractivity contribution in [3.05, 3.63) is 29.8 Å². The molecular formula is C24H35N3O6. The van der Waals surface area contributed by atoms with Crippen LogP contribution in [0.15, 0.2) is 24.3 Å². The van der Waals surface area contributed by atoms with E-state index in [-0.39, 0.29) is 48.8 Å². The Morgan fingerprint density at radius 3 is 2.33 bits per heavy atom. The Balaban J connectivity index is 2.38. The van der Waals surface area contributed by atoms with Crippen LogP contribution in [0, 0.1) is 11.8 Å². The third kappa shape index (κ3) is 8.40. The first-order valence-electron chi connectivity index (χ1n) is 11.4. The monoisotopic (exact) mass is 461 g/mol. The summed E-state index contributed by atoms with van der Waals surface area (Å²) in [4.78, 5) is 50.1. The lowest BCUT2D eigenvalue weighted by atomic mass is 10.0. The van der Waals surface area contributed by atoms with Gasteiger partial charge in [-0.25, -0.2) is 4.79 Å². The second-order valence-corrected chi connectivity index (χ2v) is 9.29. The molecule has 0 saturated carbocycles. The van der Waals surface area contributed by atoms with Gasteiger partial charge in [-0.05, 0) is 43.2 Å². The van der Waals surface area contributed by atoms with Gasteiger partial charge in [0.05, 0.1) is 11.6 Å². The van der Waals surface area contributed by atoms with Crippen molar-refractivity contribution in [2.24, 2.45) is 11.8 Å². The lowest BCUT2D eigenvalue weighted by Crippen LogP contribution is -2.51. The van der Waals surface area contributed by atoms with Crippen LogP contribution in [0.4, 0.5) is 0 Å². The molecule has 1 aliphatic rings. The molecule has 1 aromatic rings. The fourth-order valence-electron chi connectivity index (χ4n) is 3.75. The first-order valence-corrected chi connectivity index (χ1v) is 11.4. The number of hydrogen-bond acceptors (Lipinski definition) is 5. The Kier molecular flexibility index (Phi) is 9.69. The van der Waals surface area contributed by atoms with Crippen molar-refractivity contribution in [1.29, 1.82) is 0 Å². The number of ether oxygens (including phenoxy) is 1. The van der Waals surface area contributed by atoms with Crippen molar-refractivity contribution in [2.75, 3.05) is 6.61 Å². The Bertz CT molecular complexity index is 854. The number of para-hydroxylation sites is 1. The summed E-state index contributed by atoms with van der Waals surface area (Å²) in [6.07, 6.45) is 0.826. The minimum Gasteiger partial charge on any atom is -0.491 e. The van der Waals surface area contributed by atoms with E-state index in [4.69, 9.17) is 4.74 Å². The van der Waals surface area contributed by atoms with Gasteiger partial charge in [-0.15, -0.1) is 0 Å². The predicted octanol–water partition coefficient (Wildman–Crippen LogP) is 2.10. The van der Waals surface area contributed by atoms with E-state index in [2.05, 4.69) is 16.0 Å². The highest BCUT2D eigenvalue weighted by Crippen LogP contribution is 2.20. The van der Waals surface area contributed by atoms with Gasteiger partial charge in [0.2, 0.25) is 11.8 Å². The number of benzene rings is 1. The highest BCUT2D eigenvalue weighted by Gasteiger charge is 2.28. The van der Waals surface area contributed by atoms with Gasteiger partial charge in [0.25, 0.3) is 5.91 Å². The molecule has 0 bridgehead atoms. The second kappa shape index (κ2) is 12.2. The smallest absolute Gasteiger partial charge is 0.326 e. The zero-order valence-corrected chi connectivity index (χ0v) is 19.7. The Morgan fingerprint density at radius 1 is 1.03 bits per heavy atom. The van der Waals surface area contributed by atoms with Gasteiger partial charge in [0.15, 0.2) is 0 Å². The summed E-state index contributed by atoms with van der Waals surface area (Å²) in [6, 6.07) is 4.20. The number of carboxylic acids is 1. The molecule has 0 saturated heterocycles. The molecule has 182 valence electrons. The zero-order chi connectivity index (χ0) is 24.5. The van der Waals surface area contributed by atoms with Crippen molar-refractivity contribution in [3.8, 4) is 5.75 Å². The fourth-order valence-corrected chi connectivity index (χ4v) is 3.75. The van der Waals surface area contributed by atoms with Crippen LogP contribution in [0.25, 0.3) is 0 Å². The maximum Gasteiger partial charge on any atom is 0.326 e. The Morgan fingerprint density at radius 2 is 1.70 bits per heavy atom. The average molecular weight is 462 g/mol. The predicted molar refractivity (Wildman–Crippen MR) is 123 cm³/mol. The van der Waals surface area contributed by atoms with Crippen LogP contribution in [0.3, 0.4) is 0 Å². The largest absolute Gasteiger partial charge is 0.491 e. The van der Waals surface area contributed by atoms with Gasteiger partial charge in [-0.3, -0.25) is 14.4 Å². The van der Waals surface area contributed by atoms with E-state index in [1.54, 1.807) is 24.3 Å². The molecule has 4 N–H and O–H groups in total. The average Bonchev–Trinajstić information content (AvgIpc) is 2.73. The number of nitrogens with one attached hydrogen (secondary N) is 3. The summed E-state index contributed by atoms with van der Waals surface area (Å²) in [6.45, 7) is 8.09. The zero-order valence-electron chi connectivity index (χ0n) is 19.7. The topological polar surface area (TPSA) is 134 Å². The first-order chi connectivity index (χ1) is 15.6. The number of amides is 3. The summed E-state index contributed by atoms with van der Waals surface area (Å²) in [5, 5.41) is 17.7. The molecule has 3 amide bonds. The number of rotatable bonds is 5. The number of aliphatic carboxylic acids is 1. The Labute approximate surface area is 194 Å². The van der Waals surface area contributed by atoms with Crippen LogP contribution in [0.2, 0.25) is 0 Å². The normalized spacial score (nSPS) is 22.8.